The summed E-state index contributed by atoms with van der Waals surface area (Å²) in [4.78, 5) is 17.0. The van der Waals surface area contributed by atoms with Crippen LogP contribution in [0.2, 0.25) is 0 Å². The van der Waals surface area contributed by atoms with E-state index in [4.69, 9.17) is 4.74 Å². The Morgan fingerprint density at radius 1 is 1.07 bits per heavy atom. The lowest BCUT2D eigenvalue weighted by atomic mass is 10.1. The maximum absolute atomic E-state index is 12.9. The zero-order valence-electron chi connectivity index (χ0n) is 15.6. The molecule has 4 rings (SSSR count). The molecule has 1 amide bonds. The van der Waals surface area contributed by atoms with E-state index in [2.05, 4.69) is 37.1 Å². The third-order valence-corrected chi connectivity index (χ3v) is 5.47. The summed E-state index contributed by atoms with van der Waals surface area (Å²) in [5.74, 6) is 0.838. The van der Waals surface area contributed by atoms with E-state index in [1.165, 1.54) is 0 Å². The molecule has 2 aromatic carbocycles. The van der Waals surface area contributed by atoms with Crippen molar-refractivity contribution in [2.45, 2.75) is 0 Å². The number of amides is 1. The Hall–Kier alpha value is -2.80. The quantitative estimate of drug-likeness (QED) is 0.669. The first-order valence-electron chi connectivity index (χ1n) is 9.14. The Morgan fingerprint density at radius 3 is 2.50 bits per heavy atom. The number of hydrogen-bond acceptors (Lipinski definition) is 4. The number of nitrogens with zero attached hydrogens (tertiary/aromatic N) is 3. The highest BCUT2D eigenvalue weighted by molar-refractivity contribution is 9.10. The van der Waals surface area contributed by atoms with E-state index in [1.54, 1.807) is 7.11 Å². The number of benzene rings is 2. The van der Waals surface area contributed by atoms with Crippen LogP contribution in [0.25, 0.3) is 11.3 Å². The Morgan fingerprint density at radius 2 is 1.79 bits per heavy atom. The highest BCUT2D eigenvalue weighted by Gasteiger charge is 2.25. The van der Waals surface area contributed by atoms with Crippen LogP contribution in [0, 0.1) is 0 Å². The van der Waals surface area contributed by atoms with Crippen LogP contribution in [0.3, 0.4) is 0 Å². The van der Waals surface area contributed by atoms with Gasteiger partial charge in [-0.15, -0.1) is 0 Å². The standard InChI is InChI=1S/C21H21BrN4O2/c1-28-20-5-3-2-4-19(20)25-10-12-26(13-11-25)21(27)18-14-17(23-24-18)15-6-8-16(22)9-7-15/h2-9,14H,10-13H2,1H3,(H,23,24). The Balaban J connectivity index is 1.42. The van der Waals surface area contributed by atoms with Crippen molar-refractivity contribution in [1.29, 1.82) is 0 Å². The number of carbonyl (C=O) groups excluding carboxylic acids is 1. The summed E-state index contributed by atoms with van der Waals surface area (Å²) in [6.45, 7) is 2.84. The van der Waals surface area contributed by atoms with Crippen molar-refractivity contribution < 1.29 is 9.53 Å². The molecule has 3 aromatic rings. The highest BCUT2D eigenvalue weighted by Crippen LogP contribution is 2.28. The van der Waals surface area contributed by atoms with Gasteiger partial charge in [-0.25, -0.2) is 0 Å². The summed E-state index contributed by atoms with van der Waals surface area (Å²) in [7, 11) is 1.68. The van der Waals surface area contributed by atoms with Crippen molar-refractivity contribution >= 4 is 27.5 Å². The number of carbonyl (C=O) groups is 1. The SMILES string of the molecule is COc1ccccc1N1CCN(C(=O)c2cc(-c3ccc(Br)cc3)n[nH]2)CC1. The molecule has 1 aliphatic rings. The molecule has 7 heteroatoms. The van der Waals surface area contributed by atoms with Gasteiger partial charge in [-0.05, 0) is 30.3 Å². The third-order valence-electron chi connectivity index (χ3n) is 4.94. The number of piperazine rings is 1. The van der Waals surface area contributed by atoms with E-state index in [0.29, 0.717) is 18.8 Å². The van der Waals surface area contributed by atoms with Crippen molar-refractivity contribution in [3.63, 3.8) is 0 Å². The van der Waals surface area contributed by atoms with Gasteiger partial charge in [-0.2, -0.15) is 5.10 Å². The zero-order valence-corrected chi connectivity index (χ0v) is 17.1. The van der Waals surface area contributed by atoms with Gasteiger partial charge < -0.3 is 14.5 Å². The molecule has 1 saturated heterocycles. The largest absolute Gasteiger partial charge is 0.495 e. The summed E-state index contributed by atoms with van der Waals surface area (Å²) in [6, 6.07) is 17.7. The van der Waals surface area contributed by atoms with Crippen LogP contribution in [0.15, 0.2) is 59.1 Å². The first-order chi connectivity index (χ1) is 13.7. The number of anilines is 1. The molecule has 1 N–H and O–H groups in total. The fourth-order valence-electron chi connectivity index (χ4n) is 3.41. The molecule has 0 radical (unpaired) electrons. The van der Waals surface area contributed by atoms with Crippen LogP contribution in [0.5, 0.6) is 5.75 Å². The number of halogens is 1. The van der Waals surface area contributed by atoms with Crippen LogP contribution in [-0.4, -0.2) is 54.3 Å². The Labute approximate surface area is 172 Å². The number of nitrogens with one attached hydrogen (secondary N) is 1. The number of ether oxygens (including phenoxy) is 1. The highest BCUT2D eigenvalue weighted by atomic mass is 79.9. The van der Waals surface area contributed by atoms with Crippen molar-refractivity contribution in [3.05, 3.63) is 64.8 Å². The lowest BCUT2D eigenvalue weighted by Crippen LogP contribution is -2.49. The van der Waals surface area contributed by atoms with E-state index in [1.807, 2.05) is 53.4 Å². The van der Waals surface area contributed by atoms with Crippen LogP contribution >= 0.6 is 15.9 Å². The van der Waals surface area contributed by atoms with Crippen LogP contribution in [0.1, 0.15) is 10.5 Å². The number of hydrogen-bond donors (Lipinski definition) is 1. The van der Waals surface area contributed by atoms with Crippen molar-refractivity contribution in [3.8, 4) is 17.0 Å². The molecular weight excluding hydrogens is 420 g/mol. The summed E-state index contributed by atoms with van der Waals surface area (Å²) < 4.78 is 6.47. The minimum absolute atomic E-state index is 0.0180. The molecule has 0 unspecified atom stereocenters. The molecule has 0 aliphatic carbocycles. The first-order valence-corrected chi connectivity index (χ1v) is 9.93. The summed E-state index contributed by atoms with van der Waals surface area (Å²) >= 11 is 3.43. The summed E-state index contributed by atoms with van der Waals surface area (Å²) in [6.07, 6.45) is 0. The first kappa shape index (κ1) is 18.6. The minimum atomic E-state index is -0.0180. The minimum Gasteiger partial charge on any atom is -0.495 e. The lowest BCUT2D eigenvalue weighted by molar-refractivity contribution is 0.0740. The van der Waals surface area contributed by atoms with Gasteiger partial charge >= 0.3 is 0 Å². The maximum Gasteiger partial charge on any atom is 0.272 e. The zero-order chi connectivity index (χ0) is 19.5. The van der Waals surface area contributed by atoms with Crippen LogP contribution in [-0.2, 0) is 0 Å². The van der Waals surface area contributed by atoms with Gasteiger partial charge in [0.25, 0.3) is 5.91 Å². The molecule has 0 bridgehead atoms. The Bertz CT molecular complexity index is 963. The van der Waals surface area contributed by atoms with Gasteiger partial charge in [0, 0.05) is 36.2 Å². The molecule has 0 saturated carbocycles. The number of methoxy groups -OCH3 is 1. The van der Waals surface area contributed by atoms with Crippen molar-refractivity contribution in [1.82, 2.24) is 15.1 Å². The Kier molecular flexibility index (Phi) is 5.34. The number of H-pyrrole nitrogens is 1. The van der Waals surface area contributed by atoms with E-state index in [-0.39, 0.29) is 5.91 Å². The molecule has 28 heavy (non-hydrogen) atoms. The van der Waals surface area contributed by atoms with Crippen molar-refractivity contribution in [2.75, 3.05) is 38.2 Å². The number of rotatable bonds is 4. The summed E-state index contributed by atoms with van der Waals surface area (Å²) in [5, 5.41) is 7.19. The van der Waals surface area contributed by atoms with E-state index < -0.39 is 0 Å². The van der Waals surface area contributed by atoms with Gasteiger partial charge in [-0.1, -0.05) is 40.2 Å². The van der Waals surface area contributed by atoms with E-state index in [0.717, 1.165) is 40.3 Å². The molecule has 0 spiro atoms. The number of para-hydroxylation sites is 2. The smallest absolute Gasteiger partial charge is 0.272 e. The van der Waals surface area contributed by atoms with Gasteiger partial charge in [0.05, 0.1) is 18.5 Å². The topological polar surface area (TPSA) is 61.5 Å². The molecule has 1 fully saturated rings. The molecule has 144 valence electrons. The fourth-order valence-corrected chi connectivity index (χ4v) is 3.68. The van der Waals surface area contributed by atoms with Crippen molar-refractivity contribution in [2.24, 2.45) is 0 Å². The summed E-state index contributed by atoms with van der Waals surface area (Å²) in [5.41, 5.74) is 3.32. The second-order valence-electron chi connectivity index (χ2n) is 6.62. The normalized spacial score (nSPS) is 14.2. The lowest BCUT2D eigenvalue weighted by Gasteiger charge is -2.36. The molecule has 2 heterocycles. The third kappa shape index (κ3) is 3.75. The molecule has 6 nitrogen and oxygen atoms in total. The predicted octanol–water partition coefficient (Wildman–Crippen LogP) is 3.81. The maximum atomic E-state index is 12.9. The molecule has 0 atom stereocenters. The van der Waals surface area contributed by atoms with E-state index >= 15 is 0 Å². The van der Waals surface area contributed by atoms with Crippen LogP contribution < -0.4 is 9.64 Å². The number of aromatic amines is 1. The second-order valence-corrected chi connectivity index (χ2v) is 7.54. The monoisotopic (exact) mass is 440 g/mol. The second kappa shape index (κ2) is 8.06. The van der Waals surface area contributed by atoms with Gasteiger partial charge in [0.15, 0.2) is 0 Å². The average Bonchev–Trinajstić information content (AvgIpc) is 3.24. The average molecular weight is 441 g/mol. The molecule has 1 aromatic heterocycles. The predicted molar refractivity (Wildman–Crippen MR) is 113 cm³/mol. The van der Waals surface area contributed by atoms with Gasteiger partial charge in [-0.3, -0.25) is 9.89 Å². The van der Waals surface area contributed by atoms with E-state index in [9.17, 15) is 4.79 Å². The number of aromatic nitrogens is 2. The van der Waals surface area contributed by atoms with Gasteiger partial charge in [0.1, 0.15) is 11.4 Å². The molecular formula is C21H21BrN4O2. The van der Waals surface area contributed by atoms with Gasteiger partial charge in [0.2, 0.25) is 0 Å². The fraction of sp³-hybridized carbons (Fsp3) is 0.238. The molecule has 1 aliphatic heterocycles. The van der Waals surface area contributed by atoms with Crippen LogP contribution in [0.4, 0.5) is 5.69 Å².